The van der Waals surface area contributed by atoms with Gasteiger partial charge in [-0.05, 0) is 12.5 Å². The maximum atomic E-state index is 11.4. The Morgan fingerprint density at radius 2 is 1.94 bits per heavy atom. The molecule has 0 bridgehead atoms. The summed E-state index contributed by atoms with van der Waals surface area (Å²) in [5.41, 5.74) is 1.12. The number of sulfonamides is 1. The molecule has 0 saturated heterocycles. The molecule has 0 aliphatic heterocycles. The van der Waals surface area contributed by atoms with Crippen molar-refractivity contribution in [1.29, 1.82) is 0 Å². The molecule has 0 amide bonds. The van der Waals surface area contributed by atoms with Crippen LogP contribution in [-0.4, -0.2) is 24.4 Å². The Kier molecular flexibility index (Phi) is 3.93. The lowest BCUT2D eigenvalue weighted by Crippen LogP contribution is -2.14. The summed E-state index contributed by atoms with van der Waals surface area (Å²) in [6.45, 7) is 1.58. The lowest BCUT2D eigenvalue weighted by Gasteiger charge is -1.99. The molecule has 0 atom stereocenters. The average molecular weight is 283 g/mol. The number of aromatic nitrogens is 2. The number of nitrogens with zero attached hydrogens (tertiary/aromatic N) is 2. The molecule has 96 valence electrons. The maximum Gasteiger partial charge on any atom is 0.234 e. The third-order valence-corrected chi connectivity index (χ3v) is 4.52. The molecule has 0 unspecified atom stereocenters. The van der Waals surface area contributed by atoms with Crippen molar-refractivity contribution < 1.29 is 8.42 Å². The molecule has 0 aliphatic carbocycles. The van der Waals surface area contributed by atoms with Crippen molar-refractivity contribution in [3.8, 4) is 0 Å². The van der Waals surface area contributed by atoms with Crippen LogP contribution >= 0.6 is 11.3 Å². The quantitative estimate of drug-likeness (QED) is 0.909. The van der Waals surface area contributed by atoms with Gasteiger partial charge in [-0.25, -0.2) is 8.42 Å². The van der Waals surface area contributed by atoms with Crippen LogP contribution in [0.3, 0.4) is 0 Å². The first-order valence-corrected chi connectivity index (χ1v) is 7.93. The number of anilines is 1. The Labute approximate surface area is 110 Å². The van der Waals surface area contributed by atoms with Gasteiger partial charge >= 0.3 is 0 Å². The van der Waals surface area contributed by atoms with E-state index in [2.05, 4.69) is 14.9 Å². The van der Waals surface area contributed by atoms with Crippen molar-refractivity contribution in [2.24, 2.45) is 0 Å². The molecule has 18 heavy (non-hydrogen) atoms. The molecular formula is C11H13N3O2S2. The Morgan fingerprint density at radius 1 is 1.22 bits per heavy atom. The molecule has 0 radical (unpaired) electrons. The highest BCUT2D eigenvalue weighted by molar-refractivity contribution is 7.92. The van der Waals surface area contributed by atoms with Gasteiger partial charge in [-0.2, -0.15) is 0 Å². The van der Waals surface area contributed by atoms with Crippen LogP contribution in [0.4, 0.5) is 5.13 Å². The molecule has 0 aliphatic rings. The predicted molar refractivity (Wildman–Crippen MR) is 72.2 cm³/mol. The van der Waals surface area contributed by atoms with E-state index in [1.807, 2.05) is 30.3 Å². The smallest absolute Gasteiger partial charge is 0.234 e. The topological polar surface area (TPSA) is 72.0 Å². The van der Waals surface area contributed by atoms with Crippen LogP contribution in [0.2, 0.25) is 0 Å². The third kappa shape index (κ3) is 3.51. The summed E-state index contributed by atoms with van der Waals surface area (Å²) >= 11 is 1.26. The monoisotopic (exact) mass is 283 g/mol. The van der Waals surface area contributed by atoms with Gasteiger partial charge in [-0.1, -0.05) is 41.7 Å². The Balaban J connectivity index is 2.07. The van der Waals surface area contributed by atoms with E-state index in [4.69, 9.17) is 0 Å². The molecule has 5 nitrogen and oxygen atoms in total. The normalized spacial score (nSPS) is 11.4. The van der Waals surface area contributed by atoms with Gasteiger partial charge in [0, 0.05) is 6.42 Å². The second-order valence-corrected chi connectivity index (χ2v) is 6.74. The third-order valence-electron chi connectivity index (χ3n) is 2.29. The second kappa shape index (κ2) is 5.45. The molecule has 2 aromatic rings. The highest BCUT2D eigenvalue weighted by Crippen LogP contribution is 2.19. The van der Waals surface area contributed by atoms with Crippen molar-refractivity contribution in [3.05, 3.63) is 40.9 Å². The van der Waals surface area contributed by atoms with Crippen molar-refractivity contribution in [2.45, 2.75) is 13.3 Å². The number of benzene rings is 1. The van der Waals surface area contributed by atoms with E-state index in [-0.39, 0.29) is 5.75 Å². The van der Waals surface area contributed by atoms with Crippen molar-refractivity contribution >= 4 is 26.5 Å². The highest BCUT2D eigenvalue weighted by atomic mass is 32.2. The summed E-state index contributed by atoms with van der Waals surface area (Å²) in [7, 11) is -3.27. The lowest BCUT2D eigenvalue weighted by atomic mass is 10.2. The van der Waals surface area contributed by atoms with Gasteiger partial charge in [0.15, 0.2) is 0 Å². The SMILES string of the molecule is CCS(=O)(=O)Nc1nnc(Cc2ccccc2)s1. The van der Waals surface area contributed by atoms with E-state index in [9.17, 15) is 8.42 Å². The minimum absolute atomic E-state index is 0.0284. The minimum Gasteiger partial charge on any atom is -0.257 e. The Morgan fingerprint density at radius 3 is 2.61 bits per heavy atom. The minimum atomic E-state index is -3.27. The summed E-state index contributed by atoms with van der Waals surface area (Å²) in [6.07, 6.45) is 0.659. The number of rotatable bonds is 5. The van der Waals surface area contributed by atoms with Gasteiger partial charge in [0.05, 0.1) is 5.75 Å². The Bertz CT molecular complexity index is 608. The van der Waals surface area contributed by atoms with E-state index < -0.39 is 10.0 Å². The molecule has 1 N–H and O–H groups in total. The van der Waals surface area contributed by atoms with Crippen LogP contribution < -0.4 is 4.72 Å². The second-order valence-electron chi connectivity index (χ2n) is 3.67. The molecule has 7 heteroatoms. The number of hydrogen-bond donors (Lipinski definition) is 1. The van der Waals surface area contributed by atoms with Gasteiger partial charge in [-0.15, -0.1) is 10.2 Å². The van der Waals surface area contributed by atoms with Crippen molar-refractivity contribution in [2.75, 3.05) is 10.5 Å². The highest BCUT2D eigenvalue weighted by Gasteiger charge is 2.11. The standard InChI is InChI=1S/C11H13N3O2S2/c1-2-18(15,16)14-11-13-12-10(17-11)8-9-6-4-3-5-7-9/h3-7H,2,8H2,1H3,(H,13,14). The molecule has 1 heterocycles. The van der Waals surface area contributed by atoms with Gasteiger partial charge < -0.3 is 0 Å². The van der Waals surface area contributed by atoms with Crippen LogP contribution in [0.1, 0.15) is 17.5 Å². The summed E-state index contributed by atoms with van der Waals surface area (Å²) in [5, 5.41) is 8.90. The molecule has 0 spiro atoms. The van der Waals surface area contributed by atoms with Crippen molar-refractivity contribution in [1.82, 2.24) is 10.2 Å². The summed E-state index contributed by atoms with van der Waals surface area (Å²) < 4.78 is 25.1. The summed E-state index contributed by atoms with van der Waals surface area (Å²) in [6, 6.07) is 9.85. The van der Waals surface area contributed by atoms with Gasteiger partial charge in [0.1, 0.15) is 5.01 Å². The van der Waals surface area contributed by atoms with Gasteiger partial charge in [-0.3, -0.25) is 4.72 Å². The molecular weight excluding hydrogens is 270 g/mol. The zero-order chi connectivity index (χ0) is 13.0. The summed E-state index contributed by atoms with van der Waals surface area (Å²) in [4.78, 5) is 0. The van der Waals surface area contributed by atoms with Crippen LogP contribution in [0.15, 0.2) is 30.3 Å². The van der Waals surface area contributed by atoms with Crippen LogP contribution in [0.25, 0.3) is 0 Å². The molecule has 2 rings (SSSR count). The van der Waals surface area contributed by atoms with Crippen LogP contribution in [-0.2, 0) is 16.4 Å². The first kappa shape index (κ1) is 13.0. The fourth-order valence-electron chi connectivity index (χ4n) is 1.34. The first-order valence-electron chi connectivity index (χ1n) is 5.46. The van der Waals surface area contributed by atoms with E-state index in [0.29, 0.717) is 11.6 Å². The predicted octanol–water partition coefficient (Wildman–Crippen LogP) is 1.89. The molecule has 1 aromatic heterocycles. The van der Waals surface area contributed by atoms with E-state index >= 15 is 0 Å². The van der Waals surface area contributed by atoms with E-state index in [1.54, 1.807) is 6.92 Å². The van der Waals surface area contributed by atoms with Gasteiger partial charge in [0.2, 0.25) is 15.2 Å². The number of nitrogens with one attached hydrogen (secondary N) is 1. The molecule has 0 fully saturated rings. The van der Waals surface area contributed by atoms with Crippen molar-refractivity contribution in [3.63, 3.8) is 0 Å². The maximum absolute atomic E-state index is 11.4. The first-order chi connectivity index (χ1) is 8.59. The lowest BCUT2D eigenvalue weighted by molar-refractivity contribution is 0.602. The van der Waals surface area contributed by atoms with Crippen LogP contribution in [0.5, 0.6) is 0 Å². The summed E-state index contributed by atoms with van der Waals surface area (Å²) in [5.74, 6) is 0.0284. The largest absolute Gasteiger partial charge is 0.257 e. The van der Waals surface area contributed by atoms with Gasteiger partial charge in [0.25, 0.3) is 0 Å². The average Bonchev–Trinajstić information content (AvgIpc) is 2.77. The van der Waals surface area contributed by atoms with E-state index in [1.165, 1.54) is 11.3 Å². The van der Waals surface area contributed by atoms with Crippen LogP contribution in [0, 0.1) is 0 Å². The van der Waals surface area contributed by atoms with E-state index in [0.717, 1.165) is 10.6 Å². The molecule has 0 saturated carbocycles. The zero-order valence-electron chi connectivity index (χ0n) is 9.83. The zero-order valence-corrected chi connectivity index (χ0v) is 11.5. The fraction of sp³-hybridized carbons (Fsp3) is 0.273. The number of hydrogen-bond acceptors (Lipinski definition) is 5. The fourth-order valence-corrected chi connectivity index (χ4v) is 2.97. The molecule has 1 aromatic carbocycles. The Hall–Kier alpha value is -1.47.